The van der Waals surface area contributed by atoms with Gasteiger partial charge in [0.2, 0.25) is 5.91 Å². The first-order valence-electron chi connectivity index (χ1n) is 7.09. The van der Waals surface area contributed by atoms with Crippen molar-refractivity contribution in [2.45, 2.75) is 25.3 Å². The van der Waals surface area contributed by atoms with Gasteiger partial charge < -0.3 is 16.0 Å². The van der Waals surface area contributed by atoms with Gasteiger partial charge in [-0.3, -0.25) is 4.79 Å². The van der Waals surface area contributed by atoms with E-state index < -0.39 is 0 Å². The van der Waals surface area contributed by atoms with Gasteiger partial charge in [-0.25, -0.2) is 4.98 Å². The third kappa shape index (κ3) is 3.03. The molecule has 5 nitrogen and oxygen atoms in total. The minimum Gasteiger partial charge on any atom is -0.347 e. The summed E-state index contributed by atoms with van der Waals surface area (Å²) in [4.78, 5) is 19.7. The maximum absolute atomic E-state index is 12.0. The number of amides is 1. The molecule has 2 bridgehead atoms. The smallest absolute Gasteiger partial charge is 0.224 e. The third-order valence-corrected chi connectivity index (χ3v) is 3.52. The van der Waals surface area contributed by atoms with E-state index in [1.165, 1.54) is 0 Å². The second-order valence-electron chi connectivity index (χ2n) is 5.12. The molecule has 4 N–H and O–H groups in total. The minimum atomic E-state index is -0.161. The Morgan fingerprint density at radius 1 is 1.24 bits per heavy atom. The number of fused-ring (bicyclic) bond motifs is 4. The van der Waals surface area contributed by atoms with Gasteiger partial charge in [-0.2, -0.15) is 0 Å². The second kappa shape index (κ2) is 5.93. The Labute approximate surface area is 123 Å². The number of aromatic amines is 1. The van der Waals surface area contributed by atoms with Crippen LogP contribution in [0.4, 0.5) is 5.69 Å². The van der Waals surface area contributed by atoms with E-state index in [0.717, 1.165) is 22.8 Å². The molecule has 1 amide bonds. The van der Waals surface area contributed by atoms with E-state index >= 15 is 0 Å². The van der Waals surface area contributed by atoms with Crippen molar-refractivity contribution in [1.82, 2.24) is 9.97 Å². The zero-order valence-electron chi connectivity index (χ0n) is 11.7. The molecule has 2 aromatic rings. The molecule has 0 unspecified atom stereocenters. The number of aromatic nitrogens is 2. The number of nitrogens with two attached hydrogens (primary N) is 1. The fourth-order valence-electron chi connectivity index (χ4n) is 2.38. The summed E-state index contributed by atoms with van der Waals surface area (Å²) in [6.45, 7) is 0. The monoisotopic (exact) mass is 282 g/mol. The average Bonchev–Trinajstić information content (AvgIpc) is 2.96. The van der Waals surface area contributed by atoms with Gasteiger partial charge in [0.25, 0.3) is 0 Å². The second-order valence-corrected chi connectivity index (χ2v) is 5.12. The van der Waals surface area contributed by atoms with Crippen LogP contribution in [0.3, 0.4) is 0 Å². The van der Waals surface area contributed by atoms with Gasteiger partial charge in [0.05, 0.1) is 17.4 Å². The highest BCUT2D eigenvalue weighted by Gasteiger charge is 2.14. The number of hydrogen-bond acceptors (Lipinski definition) is 3. The summed E-state index contributed by atoms with van der Waals surface area (Å²) in [5, 5.41) is 2.95. The van der Waals surface area contributed by atoms with E-state index in [-0.39, 0.29) is 11.9 Å². The molecule has 0 saturated heterocycles. The lowest BCUT2D eigenvalue weighted by Gasteiger charge is -2.09. The van der Waals surface area contributed by atoms with Crippen molar-refractivity contribution in [3.05, 3.63) is 48.4 Å². The van der Waals surface area contributed by atoms with E-state index in [4.69, 9.17) is 5.73 Å². The highest BCUT2D eigenvalue weighted by atomic mass is 16.1. The lowest BCUT2D eigenvalue weighted by Crippen LogP contribution is -2.11. The maximum Gasteiger partial charge on any atom is 0.224 e. The maximum atomic E-state index is 12.0. The number of nitrogens with one attached hydrogen (secondary N) is 2. The van der Waals surface area contributed by atoms with Gasteiger partial charge in [-0.15, -0.1) is 0 Å². The number of allylic oxidation sites excluding steroid dienone is 1. The molecule has 1 aromatic carbocycles. The van der Waals surface area contributed by atoms with E-state index in [1.54, 1.807) is 0 Å². The molecule has 21 heavy (non-hydrogen) atoms. The molecule has 1 atom stereocenters. The molecule has 0 spiro atoms. The summed E-state index contributed by atoms with van der Waals surface area (Å²) in [5.41, 5.74) is 8.58. The summed E-state index contributed by atoms with van der Waals surface area (Å²) in [7, 11) is 0. The Bertz CT molecular complexity index is 674. The van der Waals surface area contributed by atoms with Gasteiger partial charge >= 0.3 is 0 Å². The summed E-state index contributed by atoms with van der Waals surface area (Å²) in [6, 6.07) is 7.50. The van der Waals surface area contributed by atoms with Gasteiger partial charge in [0.1, 0.15) is 5.82 Å². The molecule has 1 aliphatic rings. The molecule has 3 rings (SSSR count). The largest absolute Gasteiger partial charge is 0.347 e. The molecule has 1 aliphatic heterocycles. The SMILES string of the molecule is N[C@H]1C/C=C/CCC(=O)Nc2ccccc2-c2c[nH]c1n2. The standard InChI is InChI=1S/C16H18N4O/c17-12-7-2-1-3-9-15(21)19-13-8-5-4-6-11(13)14-10-18-16(12)20-14/h1-2,4-6,8,10,12H,3,7,9,17H2,(H,18,20)(H,19,21)/b2-1+/t12-/m0/s1. The van der Waals surface area contributed by atoms with Crippen LogP contribution < -0.4 is 11.1 Å². The van der Waals surface area contributed by atoms with Crippen LogP contribution in [-0.2, 0) is 4.79 Å². The number of para-hydroxylation sites is 1. The van der Waals surface area contributed by atoms with Crippen LogP contribution in [-0.4, -0.2) is 15.9 Å². The van der Waals surface area contributed by atoms with Gasteiger partial charge in [0, 0.05) is 18.2 Å². The predicted molar refractivity (Wildman–Crippen MR) is 82.6 cm³/mol. The van der Waals surface area contributed by atoms with Crippen molar-refractivity contribution in [3.8, 4) is 11.3 Å². The molecular formula is C16H18N4O. The third-order valence-electron chi connectivity index (χ3n) is 3.52. The predicted octanol–water partition coefficient (Wildman–Crippen LogP) is 2.76. The van der Waals surface area contributed by atoms with Crippen molar-refractivity contribution in [1.29, 1.82) is 0 Å². The van der Waals surface area contributed by atoms with Crippen LogP contribution in [0.25, 0.3) is 11.3 Å². The highest BCUT2D eigenvalue weighted by molar-refractivity contribution is 5.95. The molecule has 0 fully saturated rings. The summed E-state index contributed by atoms with van der Waals surface area (Å²) >= 11 is 0. The highest BCUT2D eigenvalue weighted by Crippen LogP contribution is 2.28. The van der Waals surface area contributed by atoms with Crippen molar-refractivity contribution in [2.75, 3.05) is 5.32 Å². The molecule has 0 aliphatic carbocycles. The fraction of sp³-hybridized carbons (Fsp3) is 0.250. The Kier molecular flexibility index (Phi) is 3.83. The number of H-pyrrole nitrogens is 1. The first kappa shape index (κ1) is 13.6. The first-order chi connectivity index (χ1) is 10.2. The van der Waals surface area contributed by atoms with Crippen LogP contribution in [0.2, 0.25) is 0 Å². The van der Waals surface area contributed by atoms with Crippen molar-refractivity contribution >= 4 is 11.6 Å². The number of imidazole rings is 1. The molecule has 1 aromatic heterocycles. The number of hydrogen-bond donors (Lipinski definition) is 3. The number of benzene rings is 1. The average molecular weight is 282 g/mol. The van der Waals surface area contributed by atoms with Crippen molar-refractivity contribution in [2.24, 2.45) is 5.73 Å². The van der Waals surface area contributed by atoms with Crippen molar-refractivity contribution in [3.63, 3.8) is 0 Å². The molecule has 5 heteroatoms. The number of nitrogens with zero attached hydrogens (tertiary/aromatic N) is 1. The van der Waals surface area contributed by atoms with E-state index in [9.17, 15) is 4.79 Å². The minimum absolute atomic E-state index is 0.00593. The topological polar surface area (TPSA) is 83.8 Å². The first-order valence-corrected chi connectivity index (χ1v) is 7.09. The summed E-state index contributed by atoms with van der Waals surface area (Å²) in [6.07, 6.45) is 7.71. The van der Waals surface area contributed by atoms with Crippen LogP contribution in [0.1, 0.15) is 31.1 Å². The molecule has 108 valence electrons. The number of anilines is 1. The fourth-order valence-corrected chi connectivity index (χ4v) is 2.38. The van der Waals surface area contributed by atoms with Crippen molar-refractivity contribution < 1.29 is 4.79 Å². The normalized spacial score (nSPS) is 20.4. The Morgan fingerprint density at radius 3 is 3.00 bits per heavy atom. The number of carbonyl (C=O) groups is 1. The van der Waals surface area contributed by atoms with Gasteiger partial charge in [-0.05, 0) is 18.9 Å². The summed E-state index contributed by atoms with van der Waals surface area (Å²) < 4.78 is 0. The van der Waals surface area contributed by atoms with E-state index in [2.05, 4.69) is 15.3 Å². The molecule has 0 saturated carbocycles. The van der Waals surface area contributed by atoms with Crippen LogP contribution in [0, 0.1) is 0 Å². The molecule has 2 heterocycles. The van der Waals surface area contributed by atoms with Crippen LogP contribution >= 0.6 is 0 Å². The van der Waals surface area contributed by atoms with E-state index in [1.807, 2.05) is 42.6 Å². The summed E-state index contributed by atoms with van der Waals surface area (Å²) in [5.74, 6) is 0.765. The van der Waals surface area contributed by atoms with Gasteiger partial charge in [0.15, 0.2) is 0 Å². The lowest BCUT2D eigenvalue weighted by molar-refractivity contribution is -0.116. The van der Waals surface area contributed by atoms with Gasteiger partial charge in [-0.1, -0.05) is 30.4 Å². The Morgan fingerprint density at radius 2 is 2.10 bits per heavy atom. The molecule has 0 radical (unpaired) electrons. The number of carbonyl (C=O) groups excluding carboxylic acids is 1. The zero-order valence-corrected chi connectivity index (χ0v) is 11.7. The number of rotatable bonds is 0. The lowest BCUT2D eigenvalue weighted by atomic mass is 10.1. The molecular weight excluding hydrogens is 264 g/mol. The van der Waals surface area contributed by atoms with E-state index in [0.29, 0.717) is 19.3 Å². The zero-order chi connectivity index (χ0) is 14.7. The quantitative estimate of drug-likeness (QED) is 0.650. The van der Waals surface area contributed by atoms with Crippen LogP contribution in [0.5, 0.6) is 0 Å². The Balaban J connectivity index is 2.03. The van der Waals surface area contributed by atoms with Crippen LogP contribution in [0.15, 0.2) is 42.6 Å². The Hall–Kier alpha value is -2.40.